The van der Waals surface area contributed by atoms with Gasteiger partial charge in [-0.05, 0) is 6.07 Å². The Hall–Kier alpha value is -2.13. The third-order valence-corrected chi connectivity index (χ3v) is 7.43. The number of benzene rings is 1. The molecule has 2 aromatic rings. The number of hydrazone groups is 1. The van der Waals surface area contributed by atoms with Crippen LogP contribution >= 0.6 is 11.8 Å². The lowest BCUT2D eigenvalue weighted by atomic mass is 10.2. The first kappa shape index (κ1) is 16.3. The van der Waals surface area contributed by atoms with Crippen LogP contribution in [0.1, 0.15) is 12.5 Å². The standard InChI is InChI=1S/C16H16N4O3S2/c1-10(21)19-16-20(14-8-25(22,23)9-15(14)24-16)18-7-11-6-17-13-5-3-2-4-12(11)13/h2-7,14-15,17H,8-9H2,1H3/t14-,15-/m1/s1. The molecule has 1 N–H and O–H groups in total. The van der Waals surface area contributed by atoms with E-state index < -0.39 is 9.84 Å². The zero-order chi connectivity index (χ0) is 17.6. The number of amidine groups is 1. The number of amides is 1. The Morgan fingerprint density at radius 1 is 1.36 bits per heavy atom. The number of para-hydroxylation sites is 1. The highest BCUT2D eigenvalue weighted by Gasteiger charge is 2.49. The average Bonchev–Trinajstić information content (AvgIpc) is 3.16. The third kappa shape index (κ3) is 3.09. The van der Waals surface area contributed by atoms with E-state index in [4.69, 9.17) is 0 Å². The van der Waals surface area contributed by atoms with Crippen LogP contribution in [-0.2, 0) is 14.6 Å². The van der Waals surface area contributed by atoms with Crippen LogP contribution in [0.2, 0.25) is 0 Å². The van der Waals surface area contributed by atoms with E-state index in [1.807, 2.05) is 30.5 Å². The van der Waals surface area contributed by atoms with Crippen LogP contribution in [0.15, 0.2) is 40.6 Å². The molecule has 2 atom stereocenters. The van der Waals surface area contributed by atoms with E-state index in [1.54, 1.807) is 11.2 Å². The summed E-state index contributed by atoms with van der Waals surface area (Å²) in [7, 11) is -3.08. The first-order chi connectivity index (χ1) is 11.9. The van der Waals surface area contributed by atoms with Crippen molar-refractivity contribution in [3.8, 4) is 0 Å². The Morgan fingerprint density at radius 3 is 2.96 bits per heavy atom. The van der Waals surface area contributed by atoms with E-state index in [9.17, 15) is 13.2 Å². The SMILES string of the molecule is CC(=O)N=C1S[C@@H]2CS(=O)(=O)C[C@H]2N1N=Cc1c[nH]c2ccccc12. The number of carbonyl (C=O) groups is 1. The molecule has 2 fully saturated rings. The Kier molecular flexibility index (Phi) is 3.92. The molecule has 0 spiro atoms. The normalized spacial score (nSPS) is 26.8. The summed E-state index contributed by atoms with van der Waals surface area (Å²) in [5.74, 6) is -0.192. The molecule has 1 amide bonds. The number of rotatable bonds is 2. The van der Waals surface area contributed by atoms with Crippen LogP contribution < -0.4 is 0 Å². The number of sulfone groups is 1. The van der Waals surface area contributed by atoms with Gasteiger partial charge in [-0.25, -0.2) is 13.4 Å². The minimum Gasteiger partial charge on any atom is -0.361 e. The van der Waals surface area contributed by atoms with E-state index in [-0.39, 0.29) is 28.7 Å². The molecule has 1 aromatic carbocycles. The lowest BCUT2D eigenvalue weighted by Crippen LogP contribution is -2.33. The van der Waals surface area contributed by atoms with Crippen LogP contribution in [0.5, 0.6) is 0 Å². The Labute approximate surface area is 149 Å². The van der Waals surface area contributed by atoms with Gasteiger partial charge in [-0.15, -0.1) is 0 Å². The van der Waals surface area contributed by atoms with Crippen molar-refractivity contribution in [2.75, 3.05) is 11.5 Å². The molecule has 3 heterocycles. The van der Waals surface area contributed by atoms with Crippen molar-refractivity contribution < 1.29 is 13.2 Å². The van der Waals surface area contributed by atoms with Crippen molar-refractivity contribution in [2.24, 2.45) is 10.1 Å². The number of aromatic amines is 1. The van der Waals surface area contributed by atoms with Crippen molar-refractivity contribution in [2.45, 2.75) is 18.2 Å². The van der Waals surface area contributed by atoms with Crippen LogP contribution in [0.3, 0.4) is 0 Å². The number of aromatic nitrogens is 1. The Bertz CT molecular complexity index is 1010. The van der Waals surface area contributed by atoms with Crippen LogP contribution in [0, 0.1) is 0 Å². The van der Waals surface area contributed by atoms with Crippen molar-refractivity contribution in [3.05, 3.63) is 36.0 Å². The van der Waals surface area contributed by atoms with Gasteiger partial charge in [-0.2, -0.15) is 10.1 Å². The predicted molar refractivity (Wildman–Crippen MR) is 99.7 cm³/mol. The minimum atomic E-state index is -3.08. The van der Waals surface area contributed by atoms with E-state index in [0.29, 0.717) is 5.17 Å². The van der Waals surface area contributed by atoms with Crippen LogP contribution in [0.25, 0.3) is 10.9 Å². The summed E-state index contributed by atoms with van der Waals surface area (Å²) in [4.78, 5) is 18.6. The second-order valence-corrected chi connectivity index (χ2v) is 9.45. The monoisotopic (exact) mass is 376 g/mol. The van der Waals surface area contributed by atoms with E-state index in [0.717, 1.165) is 16.5 Å². The van der Waals surface area contributed by atoms with Gasteiger partial charge in [0.1, 0.15) is 0 Å². The number of H-pyrrole nitrogens is 1. The van der Waals surface area contributed by atoms with Gasteiger partial charge in [0.15, 0.2) is 15.0 Å². The number of hydrogen-bond donors (Lipinski definition) is 1. The van der Waals surface area contributed by atoms with Gasteiger partial charge in [0.25, 0.3) is 0 Å². The molecule has 2 aliphatic heterocycles. The predicted octanol–water partition coefficient (Wildman–Crippen LogP) is 1.62. The average molecular weight is 376 g/mol. The number of fused-ring (bicyclic) bond motifs is 2. The van der Waals surface area contributed by atoms with Crippen molar-refractivity contribution in [3.63, 3.8) is 0 Å². The Balaban J connectivity index is 1.69. The zero-order valence-electron chi connectivity index (χ0n) is 13.4. The quantitative estimate of drug-likeness (QED) is 0.804. The molecule has 7 nitrogen and oxygen atoms in total. The fourth-order valence-corrected chi connectivity index (χ4v) is 7.02. The molecular formula is C16H16N4O3S2. The van der Waals surface area contributed by atoms with Crippen LogP contribution in [-0.4, -0.2) is 58.5 Å². The minimum absolute atomic E-state index is 0.0345. The number of nitrogens with zero attached hydrogens (tertiary/aromatic N) is 3. The van der Waals surface area contributed by atoms with Gasteiger partial charge in [0.2, 0.25) is 5.91 Å². The van der Waals surface area contributed by atoms with Gasteiger partial charge in [0.05, 0.1) is 29.0 Å². The van der Waals surface area contributed by atoms with Crippen molar-refractivity contribution in [1.82, 2.24) is 9.99 Å². The van der Waals surface area contributed by atoms with Gasteiger partial charge in [-0.3, -0.25) is 4.79 Å². The number of thioether (sulfide) groups is 1. The molecule has 130 valence electrons. The fraction of sp³-hybridized carbons (Fsp3) is 0.312. The highest BCUT2D eigenvalue weighted by Crippen LogP contribution is 2.38. The second kappa shape index (κ2) is 5.99. The van der Waals surface area contributed by atoms with Crippen LogP contribution in [0.4, 0.5) is 0 Å². The molecule has 0 aliphatic carbocycles. The van der Waals surface area contributed by atoms with Gasteiger partial charge in [0, 0.05) is 29.6 Å². The molecule has 0 unspecified atom stereocenters. The molecule has 9 heteroatoms. The largest absolute Gasteiger partial charge is 0.361 e. The topological polar surface area (TPSA) is 95.0 Å². The fourth-order valence-electron chi connectivity index (χ4n) is 3.14. The summed E-state index contributed by atoms with van der Waals surface area (Å²) in [6.07, 6.45) is 3.53. The molecule has 4 rings (SSSR count). The van der Waals surface area contributed by atoms with Gasteiger partial charge < -0.3 is 4.98 Å². The molecule has 2 aliphatic rings. The zero-order valence-corrected chi connectivity index (χ0v) is 15.0. The van der Waals surface area contributed by atoms with E-state index in [2.05, 4.69) is 15.1 Å². The third-order valence-electron chi connectivity index (χ3n) is 4.23. The molecule has 1 aromatic heterocycles. The summed E-state index contributed by atoms with van der Waals surface area (Å²) in [6.45, 7) is 1.37. The molecule has 25 heavy (non-hydrogen) atoms. The molecule has 2 saturated heterocycles. The van der Waals surface area contributed by atoms with E-state index in [1.165, 1.54) is 18.7 Å². The Morgan fingerprint density at radius 2 is 2.16 bits per heavy atom. The van der Waals surface area contributed by atoms with Gasteiger partial charge >= 0.3 is 0 Å². The summed E-state index contributed by atoms with van der Waals surface area (Å²) in [6, 6.07) is 7.57. The number of hydrogen-bond acceptors (Lipinski definition) is 5. The van der Waals surface area contributed by atoms with E-state index >= 15 is 0 Å². The van der Waals surface area contributed by atoms with Crippen molar-refractivity contribution in [1.29, 1.82) is 0 Å². The molecule has 0 saturated carbocycles. The highest BCUT2D eigenvalue weighted by atomic mass is 32.2. The highest BCUT2D eigenvalue weighted by molar-refractivity contribution is 8.15. The first-order valence-corrected chi connectivity index (χ1v) is 10.5. The molecule has 0 bridgehead atoms. The number of nitrogens with one attached hydrogen (secondary N) is 1. The second-order valence-electron chi connectivity index (χ2n) is 6.09. The lowest BCUT2D eigenvalue weighted by molar-refractivity contribution is -0.115. The summed E-state index contributed by atoms with van der Waals surface area (Å²) in [5.41, 5.74) is 1.89. The van der Waals surface area contributed by atoms with Gasteiger partial charge in [-0.1, -0.05) is 30.0 Å². The first-order valence-electron chi connectivity index (χ1n) is 7.79. The summed E-state index contributed by atoms with van der Waals surface area (Å²) in [5, 5.41) is 7.42. The maximum Gasteiger partial charge on any atom is 0.245 e. The number of aliphatic imine (C=N–C) groups is 1. The maximum absolute atomic E-state index is 11.9. The number of carbonyl (C=O) groups excluding carboxylic acids is 1. The summed E-state index contributed by atoms with van der Waals surface area (Å²) < 4.78 is 23.8. The molecule has 0 radical (unpaired) electrons. The maximum atomic E-state index is 11.9. The molecular weight excluding hydrogens is 360 g/mol. The smallest absolute Gasteiger partial charge is 0.245 e. The summed E-state index contributed by atoms with van der Waals surface area (Å²) >= 11 is 1.32. The van der Waals surface area contributed by atoms with Crippen molar-refractivity contribution >= 4 is 49.8 Å². The lowest BCUT2D eigenvalue weighted by Gasteiger charge is -2.17.